The number of carbonyl (C=O) groups excluding carboxylic acids is 1. The standard InChI is InChI=1S/C11H14ClNOS2/c1-7-3-4-9(16-7)11-13(5-6-15-11)10(14)8(2)12/h3-4,8,11H,5-6H2,1-2H3/t8-,11+/m1/s1. The molecule has 2 rings (SSSR count). The summed E-state index contributed by atoms with van der Waals surface area (Å²) in [5.41, 5.74) is 0. The molecule has 16 heavy (non-hydrogen) atoms. The molecule has 0 unspecified atom stereocenters. The van der Waals surface area contributed by atoms with Gasteiger partial charge in [-0.05, 0) is 26.0 Å². The molecule has 2 atom stereocenters. The van der Waals surface area contributed by atoms with E-state index in [1.807, 2.05) is 16.7 Å². The Morgan fingerprint density at radius 3 is 2.94 bits per heavy atom. The highest BCUT2D eigenvalue weighted by atomic mass is 35.5. The third-order valence-electron chi connectivity index (χ3n) is 2.52. The van der Waals surface area contributed by atoms with Crippen LogP contribution in [0, 0.1) is 6.92 Å². The van der Waals surface area contributed by atoms with Crippen LogP contribution < -0.4 is 0 Å². The van der Waals surface area contributed by atoms with Crippen LogP contribution in [0.25, 0.3) is 0 Å². The third kappa shape index (κ3) is 2.39. The zero-order valence-corrected chi connectivity index (χ0v) is 11.7. The van der Waals surface area contributed by atoms with Crippen LogP contribution in [0.2, 0.25) is 0 Å². The Hall–Kier alpha value is -0.190. The summed E-state index contributed by atoms with van der Waals surface area (Å²) in [6.07, 6.45) is 0. The molecule has 1 aliphatic rings. The Morgan fingerprint density at radius 1 is 1.62 bits per heavy atom. The highest BCUT2D eigenvalue weighted by Crippen LogP contribution is 2.41. The van der Waals surface area contributed by atoms with Gasteiger partial charge in [-0.25, -0.2) is 0 Å². The van der Waals surface area contributed by atoms with E-state index >= 15 is 0 Å². The van der Waals surface area contributed by atoms with Crippen molar-refractivity contribution in [1.29, 1.82) is 0 Å². The van der Waals surface area contributed by atoms with Crippen LogP contribution in [-0.2, 0) is 4.79 Å². The molecule has 0 spiro atoms. The fraction of sp³-hybridized carbons (Fsp3) is 0.545. The quantitative estimate of drug-likeness (QED) is 0.772. The monoisotopic (exact) mass is 275 g/mol. The maximum absolute atomic E-state index is 11.9. The summed E-state index contributed by atoms with van der Waals surface area (Å²) in [6.45, 7) is 4.63. The molecule has 1 aromatic rings. The third-order valence-corrected chi connectivity index (χ3v) is 5.15. The van der Waals surface area contributed by atoms with Gasteiger partial charge in [-0.1, -0.05) is 0 Å². The van der Waals surface area contributed by atoms with Crippen molar-refractivity contribution in [3.8, 4) is 0 Å². The zero-order chi connectivity index (χ0) is 11.7. The van der Waals surface area contributed by atoms with Crippen molar-refractivity contribution in [2.45, 2.75) is 24.6 Å². The van der Waals surface area contributed by atoms with Crippen LogP contribution in [0.4, 0.5) is 0 Å². The second-order valence-electron chi connectivity index (χ2n) is 3.82. The number of alkyl halides is 1. The number of halogens is 1. The molecule has 0 N–H and O–H groups in total. The van der Waals surface area contributed by atoms with Crippen molar-refractivity contribution in [1.82, 2.24) is 4.90 Å². The molecule has 88 valence electrons. The smallest absolute Gasteiger partial charge is 0.241 e. The molecule has 0 radical (unpaired) electrons. The summed E-state index contributed by atoms with van der Waals surface area (Å²) in [4.78, 5) is 16.4. The summed E-state index contributed by atoms with van der Waals surface area (Å²) >= 11 is 9.45. The number of rotatable bonds is 2. The summed E-state index contributed by atoms with van der Waals surface area (Å²) in [7, 11) is 0. The second kappa shape index (κ2) is 4.98. The number of hydrogen-bond acceptors (Lipinski definition) is 3. The molecule has 2 heterocycles. The molecule has 2 nitrogen and oxygen atoms in total. The Kier molecular flexibility index (Phi) is 3.82. The van der Waals surface area contributed by atoms with Gasteiger partial charge < -0.3 is 4.90 Å². The Bertz CT molecular complexity index is 391. The van der Waals surface area contributed by atoms with Gasteiger partial charge in [-0.3, -0.25) is 4.79 Å². The van der Waals surface area contributed by atoms with E-state index in [1.54, 1.807) is 18.3 Å². The van der Waals surface area contributed by atoms with Crippen LogP contribution in [0.1, 0.15) is 22.1 Å². The van der Waals surface area contributed by atoms with E-state index in [-0.39, 0.29) is 11.3 Å². The first-order chi connectivity index (χ1) is 7.59. The molecule has 1 aliphatic heterocycles. The van der Waals surface area contributed by atoms with Gasteiger partial charge in [0.15, 0.2) is 0 Å². The molecule has 0 aromatic carbocycles. The van der Waals surface area contributed by atoms with E-state index in [4.69, 9.17) is 11.6 Å². The Labute approximate surface area is 109 Å². The lowest BCUT2D eigenvalue weighted by molar-refractivity contribution is -0.130. The van der Waals surface area contributed by atoms with Gasteiger partial charge in [0, 0.05) is 22.1 Å². The number of nitrogens with zero attached hydrogens (tertiary/aromatic N) is 1. The Balaban J connectivity index is 2.18. The average molecular weight is 276 g/mol. The molecule has 0 saturated carbocycles. The maximum atomic E-state index is 11.9. The number of aryl methyl sites for hydroxylation is 1. The minimum Gasteiger partial charge on any atom is -0.324 e. The minimum atomic E-state index is -0.428. The lowest BCUT2D eigenvalue weighted by atomic mass is 10.3. The van der Waals surface area contributed by atoms with Gasteiger partial charge >= 0.3 is 0 Å². The van der Waals surface area contributed by atoms with E-state index < -0.39 is 5.38 Å². The molecular weight excluding hydrogens is 262 g/mol. The number of thiophene rings is 1. The molecule has 0 bridgehead atoms. The molecule has 1 aromatic heterocycles. The van der Waals surface area contributed by atoms with Crippen LogP contribution in [0.3, 0.4) is 0 Å². The lowest BCUT2D eigenvalue weighted by Gasteiger charge is -2.23. The van der Waals surface area contributed by atoms with Gasteiger partial charge in [0.2, 0.25) is 5.91 Å². The molecule has 1 fully saturated rings. The predicted molar refractivity (Wildman–Crippen MR) is 71.3 cm³/mol. The minimum absolute atomic E-state index is 0.0442. The maximum Gasteiger partial charge on any atom is 0.241 e. The van der Waals surface area contributed by atoms with Gasteiger partial charge in [-0.15, -0.1) is 34.7 Å². The normalized spacial score (nSPS) is 22.4. The summed E-state index contributed by atoms with van der Waals surface area (Å²) < 4.78 is 0. The molecular formula is C11H14ClNOS2. The topological polar surface area (TPSA) is 20.3 Å². The SMILES string of the molecule is Cc1ccc([C@@H]2SCCN2C(=O)[C@@H](C)Cl)s1. The van der Waals surface area contributed by atoms with Crippen LogP contribution in [-0.4, -0.2) is 28.5 Å². The van der Waals surface area contributed by atoms with E-state index in [2.05, 4.69) is 19.1 Å². The first kappa shape index (κ1) is 12.3. The number of amides is 1. The number of hydrogen-bond donors (Lipinski definition) is 0. The highest BCUT2D eigenvalue weighted by molar-refractivity contribution is 7.99. The van der Waals surface area contributed by atoms with Crippen molar-refractivity contribution in [3.05, 3.63) is 21.9 Å². The Morgan fingerprint density at radius 2 is 2.38 bits per heavy atom. The van der Waals surface area contributed by atoms with Crippen LogP contribution in [0.5, 0.6) is 0 Å². The lowest BCUT2D eigenvalue weighted by Crippen LogP contribution is -2.34. The molecule has 0 aliphatic carbocycles. The van der Waals surface area contributed by atoms with Crippen molar-refractivity contribution >= 4 is 40.6 Å². The van der Waals surface area contributed by atoms with Gasteiger partial charge in [0.25, 0.3) is 0 Å². The van der Waals surface area contributed by atoms with E-state index in [9.17, 15) is 4.79 Å². The fourth-order valence-corrected chi connectivity index (χ4v) is 4.25. The summed E-state index contributed by atoms with van der Waals surface area (Å²) in [5, 5.41) is -0.255. The van der Waals surface area contributed by atoms with Gasteiger partial charge in [0.05, 0.1) is 0 Å². The van der Waals surface area contributed by atoms with Crippen molar-refractivity contribution in [2.75, 3.05) is 12.3 Å². The largest absolute Gasteiger partial charge is 0.324 e. The average Bonchev–Trinajstić information content (AvgIpc) is 2.83. The van der Waals surface area contributed by atoms with Crippen molar-refractivity contribution < 1.29 is 4.79 Å². The summed E-state index contributed by atoms with van der Waals surface area (Å²) in [5.74, 6) is 1.04. The predicted octanol–water partition coefficient (Wildman–Crippen LogP) is 3.26. The van der Waals surface area contributed by atoms with E-state index in [1.165, 1.54) is 9.75 Å². The highest BCUT2D eigenvalue weighted by Gasteiger charge is 2.33. The molecule has 1 amide bonds. The number of thioether (sulfide) groups is 1. The van der Waals surface area contributed by atoms with E-state index in [0.29, 0.717) is 0 Å². The zero-order valence-electron chi connectivity index (χ0n) is 9.27. The van der Waals surface area contributed by atoms with E-state index in [0.717, 1.165) is 12.3 Å². The van der Waals surface area contributed by atoms with Crippen LogP contribution >= 0.6 is 34.7 Å². The molecule has 5 heteroatoms. The number of carbonyl (C=O) groups is 1. The van der Waals surface area contributed by atoms with Crippen molar-refractivity contribution in [2.24, 2.45) is 0 Å². The molecule has 1 saturated heterocycles. The van der Waals surface area contributed by atoms with Crippen LogP contribution in [0.15, 0.2) is 12.1 Å². The van der Waals surface area contributed by atoms with Crippen molar-refractivity contribution in [3.63, 3.8) is 0 Å². The fourth-order valence-electron chi connectivity index (χ4n) is 1.75. The van der Waals surface area contributed by atoms with Gasteiger partial charge in [-0.2, -0.15) is 0 Å². The second-order valence-corrected chi connectivity index (χ2v) is 6.98. The summed E-state index contributed by atoms with van der Waals surface area (Å²) in [6, 6.07) is 4.22. The first-order valence-electron chi connectivity index (χ1n) is 5.22. The first-order valence-corrected chi connectivity index (χ1v) is 7.52. The van der Waals surface area contributed by atoms with Gasteiger partial charge in [0.1, 0.15) is 10.8 Å².